The molecule has 0 aliphatic heterocycles. The van der Waals surface area contributed by atoms with Crippen LogP contribution in [-0.2, 0) is 24.3 Å². The molecule has 0 radical (unpaired) electrons. The summed E-state index contributed by atoms with van der Waals surface area (Å²) in [6.45, 7) is 1.49. The van der Waals surface area contributed by atoms with Gasteiger partial charge in [0.2, 0.25) is 10.0 Å². The third-order valence-corrected chi connectivity index (χ3v) is 5.69. The summed E-state index contributed by atoms with van der Waals surface area (Å²) in [5, 5.41) is 2.55. The lowest BCUT2D eigenvalue weighted by Gasteiger charge is -2.19. The van der Waals surface area contributed by atoms with Crippen LogP contribution in [0.2, 0.25) is 0 Å². The lowest BCUT2D eigenvalue weighted by molar-refractivity contribution is -0.122. The maximum Gasteiger partial charge on any atom is 0.339 e. The molecule has 0 aliphatic carbocycles. The number of rotatable bonds is 8. The van der Waals surface area contributed by atoms with E-state index in [4.69, 9.17) is 9.47 Å². The van der Waals surface area contributed by atoms with E-state index in [9.17, 15) is 22.8 Å². The number of benzene rings is 2. The van der Waals surface area contributed by atoms with Gasteiger partial charge in [-0.25, -0.2) is 18.0 Å². The first kappa shape index (κ1) is 24.7. The molecule has 1 N–H and O–H groups in total. The van der Waals surface area contributed by atoms with Gasteiger partial charge in [0.15, 0.2) is 6.10 Å². The SMILES string of the molecule is COC(=O)c1ccc(C(=O)OC)c(NC(=O)[C@@H](C)Oc2ccc(N(C)S(C)(=O)=O)cc2)c1. The zero-order chi connectivity index (χ0) is 24.1. The van der Waals surface area contributed by atoms with Gasteiger partial charge in [-0.05, 0) is 49.4 Å². The second-order valence-corrected chi connectivity index (χ2v) is 8.73. The van der Waals surface area contributed by atoms with Gasteiger partial charge in [0.05, 0.1) is 43.0 Å². The van der Waals surface area contributed by atoms with Crippen LogP contribution >= 0.6 is 0 Å². The Balaban J connectivity index is 2.18. The third kappa shape index (κ3) is 5.97. The molecule has 0 saturated carbocycles. The summed E-state index contributed by atoms with van der Waals surface area (Å²) in [4.78, 5) is 36.5. The van der Waals surface area contributed by atoms with Crippen LogP contribution in [0.3, 0.4) is 0 Å². The molecule has 2 aromatic carbocycles. The Labute approximate surface area is 186 Å². The van der Waals surface area contributed by atoms with Crippen LogP contribution in [0.4, 0.5) is 11.4 Å². The second-order valence-electron chi connectivity index (χ2n) is 6.72. The Morgan fingerprint density at radius 1 is 0.969 bits per heavy atom. The number of nitrogens with zero attached hydrogens (tertiary/aromatic N) is 1. The van der Waals surface area contributed by atoms with Gasteiger partial charge in [0, 0.05) is 7.05 Å². The van der Waals surface area contributed by atoms with Gasteiger partial charge in [-0.2, -0.15) is 0 Å². The lowest BCUT2D eigenvalue weighted by Crippen LogP contribution is -2.31. The standard InChI is InChI=1S/C21H24N2O8S/c1-13(31-16-9-7-15(8-10-16)23(2)32(5,27)28)19(24)22-18-12-14(20(25)29-3)6-11-17(18)21(26)30-4/h6-13H,1-5H3,(H,22,24)/t13-/m1/s1. The van der Waals surface area contributed by atoms with Crippen molar-refractivity contribution in [3.05, 3.63) is 53.6 Å². The fraction of sp³-hybridized carbons (Fsp3) is 0.286. The molecule has 2 aromatic rings. The first-order chi connectivity index (χ1) is 15.0. The average Bonchev–Trinajstić information content (AvgIpc) is 2.77. The molecule has 172 valence electrons. The largest absolute Gasteiger partial charge is 0.481 e. The van der Waals surface area contributed by atoms with E-state index in [0.717, 1.165) is 10.6 Å². The minimum Gasteiger partial charge on any atom is -0.481 e. The lowest BCUT2D eigenvalue weighted by atomic mass is 10.1. The van der Waals surface area contributed by atoms with E-state index in [1.807, 2.05) is 0 Å². The summed E-state index contributed by atoms with van der Waals surface area (Å²) < 4.78 is 39.3. The Kier molecular flexibility index (Phi) is 7.82. The summed E-state index contributed by atoms with van der Waals surface area (Å²) in [5.41, 5.74) is 0.674. The number of carbonyl (C=O) groups is 3. The maximum absolute atomic E-state index is 12.6. The van der Waals surface area contributed by atoms with E-state index in [1.165, 1.54) is 70.7 Å². The molecule has 1 amide bonds. The van der Waals surface area contributed by atoms with Crippen LogP contribution in [0.25, 0.3) is 0 Å². The molecule has 2 rings (SSSR count). The van der Waals surface area contributed by atoms with Gasteiger partial charge in [-0.3, -0.25) is 9.10 Å². The number of amides is 1. The van der Waals surface area contributed by atoms with Gasteiger partial charge in [0.1, 0.15) is 5.75 Å². The minimum atomic E-state index is -3.41. The molecule has 10 nitrogen and oxygen atoms in total. The van der Waals surface area contributed by atoms with Gasteiger partial charge >= 0.3 is 11.9 Å². The van der Waals surface area contributed by atoms with Crippen LogP contribution in [0.1, 0.15) is 27.6 Å². The molecule has 0 aromatic heterocycles. The zero-order valence-corrected chi connectivity index (χ0v) is 19.1. The van der Waals surface area contributed by atoms with Crippen molar-refractivity contribution in [3.8, 4) is 5.75 Å². The first-order valence-corrected chi connectivity index (χ1v) is 11.1. The highest BCUT2D eigenvalue weighted by molar-refractivity contribution is 7.92. The van der Waals surface area contributed by atoms with E-state index >= 15 is 0 Å². The van der Waals surface area contributed by atoms with Crippen LogP contribution < -0.4 is 14.4 Å². The van der Waals surface area contributed by atoms with Crippen LogP contribution in [0.5, 0.6) is 5.75 Å². The predicted octanol–water partition coefficient (Wildman–Crippen LogP) is 2.06. The normalized spacial score (nSPS) is 11.8. The highest BCUT2D eigenvalue weighted by Crippen LogP contribution is 2.23. The van der Waals surface area contributed by atoms with Crippen molar-refractivity contribution >= 4 is 39.2 Å². The van der Waals surface area contributed by atoms with E-state index < -0.39 is 34.0 Å². The topological polar surface area (TPSA) is 128 Å². The Morgan fingerprint density at radius 2 is 1.56 bits per heavy atom. The Bertz CT molecular complexity index is 1110. The van der Waals surface area contributed by atoms with Crippen molar-refractivity contribution in [1.82, 2.24) is 0 Å². The number of esters is 2. The van der Waals surface area contributed by atoms with Gasteiger partial charge < -0.3 is 19.5 Å². The number of nitrogens with one attached hydrogen (secondary N) is 1. The molecule has 0 aliphatic rings. The molecule has 32 heavy (non-hydrogen) atoms. The number of hydrogen-bond donors (Lipinski definition) is 1. The summed E-state index contributed by atoms with van der Waals surface area (Å²) in [5.74, 6) is -1.60. The number of sulfonamides is 1. The number of carbonyl (C=O) groups excluding carboxylic acids is 3. The van der Waals surface area contributed by atoms with Gasteiger partial charge in [-0.15, -0.1) is 0 Å². The molecule has 0 unspecified atom stereocenters. The van der Waals surface area contributed by atoms with Crippen LogP contribution in [-0.4, -0.2) is 59.9 Å². The fourth-order valence-corrected chi connectivity index (χ4v) is 3.10. The molecule has 11 heteroatoms. The highest BCUT2D eigenvalue weighted by atomic mass is 32.2. The first-order valence-electron chi connectivity index (χ1n) is 9.30. The maximum atomic E-state index is 12.6. The number of ether oxygens (including phenoxy) is 3. The molecular weight excluding hydrogens is 440 g/mol. The zero-order valence-electron chi connectivity index (χ0n) is 18.2. The average molecular weight is 464 g/mol. The summed E-state index contributed by atoms with van der Waals surface area (Å²) in [6.07, 6.45) is 0.0995. The Morgan fingerprint density at radius 3 is 2.09 bits per heavy atom. The van der Waals surface area contributed by atoms with Crippen molar-refractivity contribution < 1.29 is 37.0 Å². The fourth-order valence-electron chi connectivity index (χ4n) is 2.60. The van der Waals surface area contributed by atoms with E-state index in [0.29, 0.717) is 11.4 Å². The minimum absolute atomic E-state index is 0.0499. The van der Waals surface area contributed by atoms with E-state index in [2.05, 4.69) is 10.1 Å². The molecular formula is C21H24N2O8S. The van der Waals surface area contributed by atoms with Crippen molar-refractivity contribution in [2.45, 2.75) is 13.0 Å². The molecule has 0 heterocycles. The summed E-state index contributed by atoms with van der Waals surface area (Å²) in [7, 11) is 0.417. The van der Waals surface area contributed by atoms with Crippen LogP contribution in [0, 0.1) is 0 Å². The number of methoxy groups -OCH3 is 2. The monoisotopic (exact) mass is 464 g/mol. The van der Waals surface area contributed by atoms with Crippen molar-refractivity contribution in [3.63, 3.8) is 0 Å². The molecule has 0 spiro atoms. The Hall–Kier alpha value is -3.60. The number of hydrogen-bond acceptors (Lipinski definition) is 8. The quantitative estimate of drug-likeness (QED) is 0.588. The van der Waals surface area contributed by atoms with E-state index in [1.54, 1.807) is 0 Å². The molecule has 1 atom stereocenters. The second kappa shape index (κ2) is 10.1. The van der Waals surface area contributed by atoms with Crippen LogP contribution in [0.15, 0.2) is 42.5 Å². The molecule has 0 saturated heterocycles. The van der Waals surface area contributed by atoms with E-state index in [-0.39, 0.29) is 16.8 Å². The highest BCUT2D eigenvalue weighted by Gasteiger charge is 2.21. The number of anilines is 2. The van der Waals surface area contributed by atoms with Gasteiger partial charge in [-0.1, -0.05) is 0 Å². The predicted molar refractivity (Wildman–Crippen MR) is 118 cm³/mol. The summed E-state index contributed by atoms with van der Waals surface area (Å²) in [6, 6.07) is 10.2. The van der Waals surface area contributed by atoms with Gasteiger partial charge in [0.25, 0.3) is 5.91 Å². The summed E-state index contributed by atoms with van der Waals surface area (Å²) >= 11 is 0. The van der Waals surface area contributed by atoms with Crippen molar-refractivity contribution in [2.24, 2.45) is 0 Å². The smallest absolute Gasteiger partial charge is 0.339 e. The molecule has 0 fully saturated rings. The molecule has 0 bridgehead atoms. The third-order valence-electron chi connectivity index (χ3n) is 4.48. The van der Waals surface area contributed by atoms with Crippen molar-refractivity contribution in [1.29, 1.82) is 0 Å². The van der Waals surface area contributed by atoms with Crippen molar-refractivity contribution in [2.75, 3.05) is 37.1 Å².